The summed E-state index contributed by atoms with van der Waals surface area (Å²) >= 11 is 2.06. The molecule has 2 atom stereocenters. The van der Waals surface area contributed by atoms with Crippen molar-refractivity contribution in [3.8, 4) is 11.5 Å². The van der Waals surface area contributed by atoms with E-state index in [1.165, 1.54) is 25.0 Å². The largest absolute Gasteiger partial charge is 0.504 e. The molecule has 0 aromatic heterocycles. The van der Waals surface area contributed by atoms with Crippen LogP contribution >= 0.6 is 11.8 Å². The number of benzene rings is 1. The molecule has 0 aliphatic heterocycles. The molecule has 106 valence electrons. The zero-order chi connectivity index (χ0) is 13.7. The molecule has 1 aromatic carbocycles. The summed E-state index contributed by atoms with van der Waals surface area (Å²) in [6.45, 7) is 3.03. The molecule has 0 amide bonds. The van der Waals surface area contributed by atoms with Gasteiger partial charge in [-0.1, -0.05) is 19.4 Å². The lowest BCUT2D eigenvalue weighted by Crippen LogP contribution is -2.33. The summed E-state index contributed by atoms with van der Waals surface area (Å²) in [5.41, 5.74) is 1.10. The number of rotatable bonds is 6. The van der Waals surface area contributed by atoms with E-state index in [0.717, 1.165) is 17.4 Å². The number of phenolic OH excluding ortho intramolecular Hbond substituents is 1. The first-order chi connectivity index (χ1) is 9.24. The van der Waals surface area contributed by atoms with Gasteiger partial charge >= 0.3 is 0 Å². The third kappa shape index (κ3) is 3.80. The molecule has 2 unspecified atom stereocenters. The van der Waals surface area contributed by atoms with Gasteiger partial charge in [0.15, 0.2) is 11.5 Å². The standard InChI is InChI=1S/C15H23NO2S/c1-3-19-15-6-4-5-12(15)16-10-11-7-8-14(18-2)13(17)9-11/h7-9,12,15-17H,3-6,10H2,1-2H3. The van der Waals surface area contributed by atoms with E-state index in [0.29, 0.717) is 11.8 Å². The minimum Gasteiger partial charge on any atom is -0.504 e. The molecule has 0 saturated heterocycles. The maximum Gasteiger partial charge on any atom is 0.160 e. The van der Waals surface area contributed by atoms with Crippen molar-refractivity contribution in [1.82, 2.24) is 5.32 Å². The highest BCUT2D eigenvalue weighted by Gasteiger charge is 2.26. The van der Waals surface area contributed by atoms with Gasteiger partial charge in [0, 0.05) is 17.8 Å². The number of methoxy groups -OCH3 is 1. The number of hydrogen-bond donors (Lipinski definition) is 2. The first kappa shape index (κ1) is 14.5. The van der Waals surface area contributed by atoms with Crippen molar-refractivity contribution in [3.63, 3.8) is 0 Å². The van der Waals surface area contributed by atoms with Crippen LogP contribution in [0.4, 0.5) is 0 Å². The van der Waals surface area contributed by atoms with Crippen LogP contribution in [0.1, 0.15) is 31.7 Å². The monoisotopic (exact) mass is 281 g/mol. The SMILES string of the molecule is CCSC1CCCC1NCc1ccc(OC)c(O)c1. The summed E-state index contributed by atoms with van der Waals surface area (Å²) in [5, 5.41) is 14.1. The molecular formula is C15H23NO2S. The Morgan fingerprint density at radius 2 is 2.26 bits per heavy atom. The quantitative estimate of drug-likeness (QED) is 0.840. The lowest BCUT2D eigenvalue weighted by molar-refractivity contribution is 0.373. The van der Waals surface area contributed by atoms with Crippen LogP contribution in [0, 0.1) is 0 Å². The summed E-state index contributed by atoms with van der Waals surface area (Å²) in [6.07, 6.45) is 3.91. The number of nitrogens with one attached hydrogen (secondary N) is 1. The second-order valence-corrected chi connectivity index (χ2v) is 6.43. The Morgan fingerprint density at radius 1 is 1.42 bits per heavy atom. The van der Waals surface area contributed by atoms with Gasteiger partial charge in [0.2, 0.25) is 0 Å². The molecular weight excluding hydrogens is 258 g/mol. The van der Waals surface area contributed by atoms with E-state index in [1.807, 2.05) is 12.1 Å². The van der Waals surface area contributed by atoms with Crippen molar-refractivity contribution in [2.24, 2.45) is 0 Å². The van der Waals surface area contributed by atoms with Gasteiger partial charge in [0.05, 0.1) is 7.11 Å². The molecule has 2 rings (SSSR count). The Kier molecular flexibility index (Phi) is 5.40. The molecule has 0 bridgehead atoms. The van der Waals surface area contributed by atoms with Crippen molar-refractivity contribution < 1.29 is 9.84 Å². The summed E-state index contributed by atoms with van der Waals surface area (Å²) < 4.78 is 5.05. The Hall–Kier alpha value is -0.870. The molecule has 0 spiro atoms. The summed E-state index contributed by atoms with van der Waals surface area (Å²) in [6, 6.07) is 6.21. The number of hydrogen-bond acceptors (Lipinski definition) is 4. The Labute approximate surface area is 119 Å². The average molecular weight is 281 g/mol. The van der Waals surface area contributed by atoms with Gasteiger partial charge in [0.25, 0.3) is 0 Å². The second-order valence-electron chi connectivity index (χ2n) is 4.92. The maximum absolute atomic E-state index is 9.76. The second kappa shape index (κ2) is 7.06. The summed E-state index contributed by atoms with van der Waals surface area (Å²) in [5.74, 6) is 1.93. The number of ether oxygens (including phenoxy) is 1. The van der Waals surface area contributed by atoms with Crippen molar-refractivity contribution in [2.45, 2.75) is 44.0 Å². The number of phenols is 1. The van der Waals surface area contributed by atoms with Crippen LogP contribution in [0.15, 0.2) is 18.2 Å². The predicted molar refractivity (Wildman–Crippen MR) is 81.1 cm³/mol. The van der Waals surface area contributed by atoms with Crippen LogP contribution in [-0.4, -0.2) is 29.3 Å². The summed E-state index contributed by atoms with van der Waals surface area (Å²) in [7, 11) is 1.57. The molecule has 3 nitrogen and oxygen atoms in total. The van der Waals surface area contributed by atoms with E-state index >= 15 is 0 Å². The fraction of sp³-hybridized carbons (Fsp3) is 0.600. The van der Waals surface area contributed by atoms with Gasteiger partial charge in [-0.3, -0.25) is 0 Å². The molecule has 0 heterocycles. The van der Waals surface area contributed by atoms with Gasteiger partial charge in [0.1, 0.15) is 0 Å². The predicted octanol–water partition coefficient (Wildman–Crippen LogP) is 3.16. The van der Waals surface area contributed by atoms with Crippen LogP contribution in [0.3, 0.4) is 0 Å². The molecule has 1 aliphatic rings. The fourth-order valence-electron chi connectivity index (χ4n) is 2.67. The molecule has 19 heavy (non-hydrogen) atoms. The van der Waals surface area contributed by atoms with Crippen molar-refractivity contribution in [1.29, 1.82) is 0 Å². The van der Waals surface area contributed by atoms with Gasteiger partial charge in [-0.2, -0.15) is 11.8 Å². The minimum atomic E-state index is 0.215. The molecule has 4 heteroatoms. The smallest absolute Gasteiger partial charge is 0.160 e. The minimum absolute atomic E-state index is 0.215. The highest BCUT2D eigenvalue weighted by atomic mass is 32.2. The third-order valence-corrected chi connectivity index (χ3v) is 4.97. The van der Waals surface area contributed by atoms with Crippen molar-refractivity contribution in [2.75, 3.05) is 12.9 Å². The van der Waals surface area contributed by atoms with E-state index in [2.05, 4.69) is 24.0 Å². The van der Waals surface area contributed by atoms with Crippen LogP contribution in [0.5, 0.6) is 11.5 Å². The topological polar surface area (TPSA) is 41.5 Å². The molecule has 1 fully saturated rings. The van der Waals surface area contributed by atoms with Crippen molar-refractivity contribution in [3.05, 3.63) is 23.8 Å². The normalized spacial score (nSPS) is 22.6. The van der Waals surface area contributed by atoms with E-state index < -0.39 is 0 Å². The van der Waals surface area contributed by atoms with Gasteiger partial charge < -0.3 is 15.2 Å². The number of thioether (sulfide) groups is 1. The van der Waals surface area contributed by atoms with E-state index in [9.17, 15) is 5.11 Å². The van der Waals surface area contributed by atoms with Crippen LogP contribution in [-0.2, 0) is 6.54 Å². The van der Waals surface area contributed by atoms with Crippen LogP contribution in [0.25, 0.3) is 0 Å². The molecule has 1 saturated carbocycles. The van der Waals surface area contributed by atoms with E-state index in [1.54, 1.807) is 13.2 Å². The van der Waals surface area contributed by atoms with Gasteiger partial charge in [-0.15, -0.1) is 0 Å². The highest BCUT2D eigenvalue weighted by molar-refractivity contribution is 7.99. The Balaban J connectivity index is 1.89. The molecule has 1 aromatic rings. The van der Waals surface area contributed by atoms with E-state index in [-0.39, 0.29) is 5.75 Å². The highest BCUT2D eigenvalue weighted by Crippen LogP contribution is 2.30. The maximum atomic E-state index is 9.76. The Morgan fingerprint density at radius 3 is 2.95 bits per heavy atom. The zero-order valence-electron chi connectivity index (χ0n) is 11.7. The first-order valence-electron chi connectivity index (χ1n) is 6.95. The molecule has 1 aliphatic carbocycles. The van der Waals surface area contributed by atoms with Gasteiger partial charge in [-0.25, -0.2) is 0 Å². The molecule has 0 radical (unpaired) electrons. The van der Waals surface area contributed by atoms with Crippen LogP contribution in [0.2, 0.25) is 0 Å². The Bertz CT molecular complexity index is 411. The zero-order valence-corrected chi connectivity index (χ0v) is 12.5. The third-order valence-electron chi connectivity index (χ3n) is 3.64. The van der Waals surface area contributed by atoms with Crippen LogP contribution < -0.4 is 10.1 Å². The van der Waals surface area contributed by atoms with Gasteiger partial charge in [-0.05, 0) is 36.3 Å². The lowest BCUT2D eigenvalue weighted by atomic mass is 10.1. The fourth-order valence-corrected chi connectivity index (χ4v) is 3.89. The lowest BCUT2D eigenvalue weighted by Gasteiger charge is -2.20. The number of aromatic hydroxyl groups is 1. The van der Waals surface area contributed by atoms with E-state index in [4.69, 9.17) is 4.74 Å². The summed E-state index contributed by atoms with van der Waals surface area (Å²) in [4.78, 5) is 0. The average Bonchev–Trinajstić information content (AvgIpc) is 2.84. The van der Waals surface area contributed by atoms with Crippen molar-refractivity contribution >= 4 is 11.8 Å². The first-order valence-corrected chi connectivity index (χ1v) is 8.00. The molecule has 2 N–H and O–H groups in total.